The predicted molar refractivity (Wildman–Crippen MR) is 40.0 cm³/mol. The van der Waals surface area contributed by atoms with E-state index in [1.165, 1.54) is 12.0 Å². The van der Waals surface area contributed by atoms with Crippen molar-refractivity contribution in [3.63, 3.8) is 0 Å². The molecular formula is C9H13Cl2Ti. The van der Waals surface area contributed by atoms with Crippen LogP contribution in [0.2, 0.25) is 0 Å². The summed E-state index contributed by atoms with van der Waals surface area (Å²) in [5.74, 6) is 0.773. The standard InChI is InChI=1S/C9H13.2ClH.Ti/c1-8(2)7-9-5-3-4-6-9;;;/h3,5,8H,4,7H2,1-2H3;2*1H;/q-1;;;+3/p-2. The second kappa shape index (κ2) is 9.86. The Morgan fingerprint density at radius 2 is 2.00 bits per heavy atom. The normalized spacial score (nSPS) is 12.8. The van der Waals surface area contributed by atoms with Crippen molar-refractivity contribution in [2.45, 2.75) is 26.7 Å². The predicted octanol–water partition coefficient (Wildman–Crippen LogP) is -3.27. The van der Waals surface area contributed by atoms with Gasteiger partial charge in [0.2, 0.25) is 0 Å². The first-order valence-electron chi connectivity index (χ1n) is 3.55. The third-order valence-corrected chi connectivity index (χ3v) is 1.39. The van der Waals surface area contributed by atoms with Gasteiger partial charge in [-0.15, -0.1) is 6.42 Å². The Morgan fingerprint density at radius 3 is 2.33 bits per heavy atom. The number of hydrogen-bond donors (Lipinski definition) is 0. The number of rotatable bonds is 2. The number of halogens is 2. The van der Waals surface area contributed by atoms with Crippen LogP contribution in [0.5, 0.6) is 0 Å². The van der Waals surface area contributed by atoms with E-state index in [0.717, 1.165) is 12.3 Å². The summed E-state index contributed by atoms with van der Waals surface area (Å²) >= 11 is 0. The summed E-state index contributed by atoms with van der Waals surface area (Å²) in [4.78, 5) is 0. The molecule has 1 aliphatic carbocycles. The Morgan fingerprint density at radius 1 is 1.42 bits per heavy atom. The molecule has 0 unspecified atom stereocenters. The van der Waals surface area contributed by atoms with Crippen molar-refractivity contribution >= 4 is 0 Å². The largest absolute Gasteiger partial charge is 3.00 e. The van der Waals surface area contributed by atoms with E-state index < -0.39 is 0 Å². The van der Waals surface area contributed by atoms with Gasteiger partial charge in [0, 0.05) is 0 Å². The molecule has 0 amide bonds. The molecule has 0 aromatic rings. The molecule has 0 aromatic heterocycles. The van der Waals surface area contributed by atoms with Crippen molar-refractivity contribution in [2.24, 2.45) is 5.92 Å². The fraction of sp³-hybridized carbons (Fsp3) is 0.556. The van der Waals surface area contributed by atoms with Crippen molar-refractivity contribution in [1.82, 2.24) is 0 Å². The Kier molecular flexibility index (Phi) is 15.2. The molecule has 12 heavy (non-hydrogen) atoms. The monoisotopic (exact) mass is 239 g/mol. The van der Waals surface area contributed by atoms with E-state index >= 15 is 0 Å². The third kappa shape index (κ3) is 7.42. The van der Waals surface area contributed by atoms with Gasteiger partial charge in [0.05, 0.1) is 0 Å². The maximum Gasteiger partial charge on any atom is 3.00 e. The van der Waals surface area contributed by atoms with E-state index in [4.69, 9.17) is 0 Å². The smallest absolute Gasteiger partial charge is 1.00 e. The zero-order valence-electron chi connectivity index (χ0n) is 7.40. The minimum Gasteiger partial charge on any atom is -1.00 e. The minimum atomic E-state index is 0. The van der Waals surface area contributed by atoms with Gasteiger partial charge in [0.15, 0.2) is 0 Å². The first-order valence-corrected chi connectivity index (χ1v) is 3.55. The van der Waals surface area contributed by atoms with Gasteiger partial charge in [-0.3, -0.25) is 6.08 Å². The first-order chi connectivity index (χ1) is 4.29. The van der Waals surface area contributed by atoms with Gasteiger partial charge in [0.1, 0.15) is 0 Å². The van der Waals surface area contributed by atoms with Gasteiger partial charge in [-0.25, -0.2) is 11.6 Å². The van der Waals surface area contributed by atoms with E-state index in [2.05, 4.69) is 32.1 Å². The van der Waals surface area contributed by atoms with Crippen molar-refractivity contribution in [3.05, 3.63) is 23.8 Å². The van der Waals surface area contributed by atoms with Gasteiger partial charge in [-0.05, 0) is 5.92 Å². The Hall–Kier alpha value is 0.774. The molecule has 0 fully saturated rings. The maximum absolute atomic E-state index is 3.29. The van der Waals surface area contributed by atoms with Crippen molar-refractivity contribution < 1.29 is 46.5 Å². The van der Waals surface area contributed by atoms with Gasteiger partial charge < -0.3 is 24.8 Å². The molecule has 0 nitrogen and oxygen atoms in total. The average molecular weight is 240 g/mol. The van der Waals surface area contributed by atoms with E-state index in [1.807, 2.05) is 0 Å². The van der Waals surface area contributed by atoms with Crippen LogP contribution >= 0.6 is 0 Å². The van der Waals surface area contributed by atoms with Crippen molar-refractivity contribution in [3.8, 4) is 0 Å². The summed E-state index contributed by atoms with van der Waals surface area (Å²) in [7, 11) is 0. The van der Waals surface area contributed by atoms with Crippen LogP contribution in [-0.4, -0.2) is 0 Å². The average Bonchev–Trinajstić information content (AvgIpc) is 2.15. The molecular weight excluding hydrogens is 227 g/mol. The van der Waals surface area contributed by atoms with Crippen LogP contribution < -0.4 is 24.8 Å². The zero-order chi connectivity index (χ0) is 6.69. The fourth-order valence-corrected chi connectivity index (χ4v) is 1.03. The van der Waals surface area contributed by atoms with Crippen LogP contribution in [0.15, 0.2) is 17.7 Å². The second-order valence-corrected chi connectivity index (χ2v) is 2.91. The van der Waals surface area contributed by atoms with Gasteiger partial charge in [0.25, 0.3) is 0 Å². The quantitative estimate of drug-likeness (QED) is 0.351. The molecule has 0 saturated carbocycles. The molecule has 0 spiro atoms. The Bertz CT molecular complexity index is 151. The molecule has 67 valence electrons. The summed E-state index contributed by atoms with van der Waals surface area (Å²) in [5, 5.41) is 0. The summed E-state index contributed by atoms with van der Waals surface area (Å²) in [6.45, 7) is 4.47. The molecule has 3 heteroatoms. The van der Waals surface area contributed by atoms with Gasteiger partial charge in [-0.1, -0.05) is 20.3 Å². The van der Waals surface area contributed by atoms with Crippen LogP contribution in [0.4, 0.5) is 0 Å². The third-order valence-electron chi connectivity index (χ3n) is 1.39. The van der Waals surface area contributed by atoms with Crippen LogP contribution in [0, 0.1) is 12.0 Å². The summed E-state index contributed by atoms with van der Waals surface area (Å²) < 4.78 is 0. The Balaban J connectivity index is -0.000000270. The van der Waals surface area contributed by atoms with E-state index in [9.17, 15) is 0 Å². The van der Waals surface area contributed by atoms with E-state index in [1.54, 1.807) is 0 Å². The number of hydrogen-bond acceptors (Lipinski definition) is 0. The summed E-state index contributed by atoms with van der Waals surface area (Å²) in [6, 6.07) is 0. The SMILES string of the molecule is CC(C)CC1=[C-]CC=C1.[Cl-].[Cl-].[Ti+3]. The van der Waals surface area contributed by atoms with Crippen LogP contribution in [-0.2, 0) is 21.7 Å². The minimum absolute atomic E-state index is 0. The molecule has 1 radical (unpaired) electrons. The van der Waals surface area contributed by atoms with Gasteiger partial charge >= 0.3 is 21.7 Å². The summed E-state index contributed by atoms with van der Waals surface area (Å²) in [6.07, 6.45) is 9.86. The number of allylic oxidation sites excluding steroid dienone is 4. The Labute approximate surface area is 103 Å². The molecule has 0 heterocycles. The maximum atomic E-state index is 3.29. The fourth-order valence-electron chi connectivity index (χ4n) is 1.03. The molecule has 0 atom stereocenters. The molecule has 1 aliphatic rings. The van der Waals surface area contributed by atoms with Crippen LogP contribution in [0.25, 0.3) is 0 Å². The van der Waals surface area contributed by atoms with Crippen molar-refractivity contribution in [2.75, 3.05) is 0 Å². The van der Waals surface area contributed by atoms with Crippen LogP contribution in [0.1, 0.15) is 26.7 Å². The molecule has 0 aliphatic heterocycles. The second-order valence-electron chi connectivity index (χ2n) is 2.91. The molecule has 0 bridgehead atoms. The van der Waals surface area contributed by atoms with Crippen molar-refractivity contribution in [1.29, 1.82) is 0 Å². The molecule has 0 aromatic carbocycles. The molecule has 0 N–H and O–H groups in total. The van der Waals surface area contributed by atoms with Gasteiger partial charge in [-0.2, -0.15) is 6.08 Å². The van der Waals surface area contributed by atoms with E-state index in [-0.39, 0.29) is 46.5 Å². The topological polar surface area (TPSA) is 0 Å². The molecule has 1 rings (SSSR count). The molecule has 0 saturated heterocycles. The van der Waals surface area contributed by atoms with Crippen LogP contribution in [0.3, 0.4) is 0 Å². The summed E-state index contributed by atoms with van der Waals surface area (Å²) in [5.41, 5.74) is 1.39. The van der Waals surface area contributed by atoms with E-state index in [0.29, 0.717) is 0 Å². The zero-order valence-corrected chi connectivity index (χ0v) is 10.5. The first kappa shape index (κ1) is 18.5.